The number of hydrogen-bond donors (Lipinski definition) is 1. The molecule has 8 heteroatoms. The molecule has 0 saturated carbocycles. The van der Waals surface area contributed by atoms with Gasteiger partial charge in [0, 0.05) is 5.75 Å². The predicted octanol–water partition coefficient (Wildman–Crippen LogP) is 3.61. The molecular weight excluding hydrogens is 386 g/mol. The number of ketones is 1. The van der Waals surface area contributed by atoms with Crippen LogP contribution in [0.15, 0.2) is 51.2 Å². The van der Waals surface area contributed by atoms with Crippen LogP contribution in [0.4, 0.5) is 0 Å². The number of Topliss-reactive ketones (excluding diaryl/α,β-unsaturated/α-hetero) is 1. The first-order valence-corrected chi connectivity index (χ1v) is 10.8. The van der Waals surface area contributed by atoms with Crippen LogP contribution in [0, 0.1) is 0 Å². The number of thioether (sulfide) groups is 2. The van der Waals surface area contributed by atoms with Gasteiger partial charge in [-0.25, -0.2) is 0 Å². The lowest BCUT2D eigenvalue weighted by Gasteiger charge is -2.15. The highest BCUT2D eigenvalue weighted by atomic mass is 32.2. The standard InChI is InChI=1S/C18H21N3O2S3/c1-12(2)10-24-17-20-21-18(26-17)25-11-16(23)19-15(13(3)22)9-14-7-5-4-6-8-14/h4-8,15H,1,9-11H2,2-3H3,(H,19,23)/t15-/m1/s1. The monoisotopic (exact) mass is 407 g/mol. The van der Waals surface area contributed by atoms with Gasteiger partial charge in [-0.05, 0) is 25.8 Å². The number of nitrogens with one attached hydrogen (secondary N) is 1. The summed E-state index contributed by atoms with van der Waals surface area (Å²) in [5, 5.41) is 11.0. The number of nitrogens with zero attached hydrogens (tertiary/aromatic N) is 2. The molecule has 1 N–H and O–H groups in total. The van der Waals surface area contributed by atoms with Crippen LogP contribution in [0.2, 0.25) is 0 Å². The maximum atomic E-state index is 12.2. The Labute approximate surface area is 166 Å². The van der Waals surface area contributed by atoms with Crippen LogP contribution in [0.5, 0.6) is 0 Å². The zero-order chi connectivity index (χ0) is 18.9. The molecule has 0 aliphatic heterocycles. The van der Waals surface area contributed by atoms with Gasteiger partial charge in [-0.1, -0.05) is 77.3 Å². The van der Waals surface area contributed by atoms with Gasteiger partial charge >= 0.3 is 0 Å². The Bertz CT molecular complexity index is 762. The van der Waals surface area contributed by atoms with Crippen LogP contribution in [0.25, 0.3) is 0 Å². The SMILES string of the molecule is C=C(C)CSc1nnc(SCC(=O)N[C@H](Cc2ccccc2)C(C)=O)s1. The summed E-state index contributed by atoms with van der Waals surface area (Å²) in [6, 6.07) is 9.14. The highest BCUT2D eigenvalue weighted by Gasteiger charge is 2.18. The third-order valence-electron chi connectivity index (χ3n) is 3.27. The van der Waals surface area contributed by atoms with Gasteiger partial charge in [-0.15, -0.1) is 10.2 Å². The molecule has 26 heavy (non-hydrogen) atoms. The Kier molecular flexibility index (Phi) is 8.34. The van der Waals surface area contributed by atoms with E-state index in [1.165, 1.54) is 30.0 Å². The van der Waals surface area contributed by atoms with Crippen LogP contribution in [-0.4, -0.2) is 39.4 Å². The summed E-state index contributed by atoms with van der Waals surface area (Å²) in [6.45, 7) is 7.32. The summed E-state index contributed by atoms with van der Waals surface area (Å²) in [6.07, 6.45) is 0.493. The van der Waals surface area contributed by atoms with E-state index >= 15 is 0 Å². The number of aromatic nitrogens is 2. The molecule has 5 nitrogen and oxygen atoms in total. The molecule has 0 aliphatic carbocycles. The van der Waals surface area contributed by atoms with Gasteiger partial charge in [0.05, 0.1) is 11.8 Å². The fourth-order valence-corrected chi connectivity index (χ4v) is 4.68. The minimum atomic E-state index is -0.512. The van der Waals surface area contributed by atoms with Crippen LogP contribution in [0.3, 0.4) is 0 Å². The molecule has 0 spiro atoms. The minimum Gasteiger partial charge on any atom is -0.345 e. The zero-order valence-corrected chi connectivity index (χ0v) is 17.2. The summed E-state index contributed by atoms with van der Waals surface area (Å²) in [5.74, 6) is 0.775. The quantitative estimate of drug-likeness (QED) is 0.479. The molecule has 0 unspecified atom stereocenters. The van der Waals surface area contributed by atoms with Gasteiger partial charge < -0.3 is 5.32 Å². The number of benzene rings is 1. The molecule has 0 fully saturated rings. The van der Waals surface area contributed by atoms with Gasteiger partial charge in [0.2, 0.25) is 5.91 Å². The van der Waals surface area contributed by atoms with Crippen LogP contribution in [0.1, 0.15) is 19.4 Å². The number of hydrogen-bond acceptors (Lipinski definition) is 7. The molecule has 2 aromatic rings. The molecule has 1 aromatic heterocycles. The second kappa shape index (κ2) is 10.5. The van der Waals surface area contributed by atoms with E-state index in [1.54, 1.807) is 11.8 Å². The van der Waals surface area contributed by atoms with Crippen molar-refractivity contribution in [2.75, 3.05) is 11.5 Å². The van der Waals surface area contributed by atoms with Gasteiger partial charge in [-0.2, -0.15) is 0 Å². The molecule has 1 amide bonds. The van der Waals surface area contributed by atoms with Crippen molar-refractivity contribution in [3.63, 3.8) is 0 Å². The Morgan fingerprint density at radius 2 is 1.73 bits per heavy atom. The molecule has 1 aromatic carbocycles. The van der Waals surface area contributed by atoms with E-state index in [4.69, 9.17) is 0 Å². The van der Waals surface area contributed by atoms with Gasteiger partial charge in [0.25, 0.3) is 0 Å². The van der Waals surface area contributed by atoms with Gasteiger partial charge in [0.15, 0.2) is 14.5 Å². The normalized spacial score (nSPS) is 11.8. The zero-order valence-electron chi connectivity index (χ0n) is 14.7. The lowest BCUT2D eigenvalue weighted by molar-refractivity contribution is -0.125. The van der Waals surface area contributed by atoms with E-state index in [2.05, 4.69) is 22.1 Å². The molecule has 1 atom stereocenters. The minimum absolute atomic E-state index is 0.0541. The number of rotatable bonds is 10. The van der Waals surface area contributed by atoms with E-state index < -0.39 is 6.04 Å². The average molecular weight is 408 g/mol. The lowest BCUT2D eigenvalue weighted by Crippen LogP contribution is -2.42. The largest absolute Gasteiger partial charge is 0.345 e. The molecule has 138 valence electrons. The highest BCUT2D eigenvalue weighted by molar-refractivity contribution is 8.03. The average Bonchev–Trinajstić information content (AvgIpc) is 3.06. The molecule has 0 bridgehead atoms. The van der Waals surface area contributed by atoms with Gasteiger partial charge in [-0.3, -0.25) is 9.59 Å². The summed E-state index contributed by atoms with van der Waals surface area (Å²) < 4.78 is 1.60. The van der Waals surface area contributed by atoms with Crippen molar-refractivity contribution in [3.05, 3.63) is 48.0 Å². The van der Waals surface area contributed by atoms with Gasteiger partial charge in [0.1, 0.15) is 0 Å². The van der Waals surface area contributed by atoms with Crippen molar-refractivity contribution in [2.24, 2.45) is 0 Å². The first kappa shape index (κ1) is 20.7. The molecule has 0 aliphatic rings. The third kappa shape index (κ3) is 7.31. The smallest absolute Gasteiger partial charge is 0.231 e. The second-order valence-corrected chi connectivity index (χ2v) is 9.21. The van der Waals surface area contributed by atoms with Crippen LogP contribution in [-0.2, 0) is 16.0 Å². The first-order chi connectivity index (χ1) is 12.4. The van der Waals surface area contributed by atoms with Crippen molar-refractivity contribution in [1.82, 2.24) is 15.5 Å². The second-order valence-electron chi connectivity index (χ2n) is 5.79. The van der Waals surface area contributed by atoms with Crippen molar-refractivity contribution in [1.29, 1.82) is 0 Å². The Morgan fingerprint density at radius 1 is 1.12 bits per heavy atom. The number of carbonyl (C=O) groups is 2. The molecule has 0 radical (unpaired) electrons. The first-order valence-electron chi connectivity index (χ1n) is 8.01. The van der Waals surface area contributed by atoms with Crippen molar-refractivity contribution in [3.8, 4) is 0 Å². The van der Waals surface area contributed by atoms with E-state index in [1.807, 2.05) is 37.3 Å². The fraction of sp³-hybridized carbons (Fsp3) is 0.333. The van der Waals surface area contributed by atoms with Crippen molar-refractivity contribution in [2.45, 2.75) is 35.0 Å². The third-order valence-corrected chi connectivity index (χ3v) is 6.69. The number of carbonyl (C=O) groups excluding carboxylic acids is 2. The maximum absolute atomic E-state index is 12.2. The summed E-state index contributed by atoms with van der Waals surface area (Å²) >= 11 is 4.38. The van der Waals surface area contributed by atoms with Crippen molar-refractivity contribution < 1.29 is 9.59 Å². The summed E-state index contributed by atoms with van der Waals surface area (Å²) in [7, 11) is 0. The molecular formula is C18H21N3O2S3. The maximum Gasteiger partial charge on any atom is 0.231 e. The molecule has 2 rings (SSSR count). The van der Waals surface area contributed by atoms with E-state index in [-0.39, 0.29) is 17.4 Å². The van der Waals surface area contributed by atoms with E-state index in [0.29, 0.717) is 6.42 Å². The Hall–Kier alpha value is -1.64. The molecule has 1 heterocycles. The van der Waals surface area contributed by atoms with E-state index in [0.717, 1.165) is 25.6 Å². The fourth-order valence-electron chi connectivity index (χ4n) is 2.01. The number of amides is 1. The van der Waals surface area contributed by atoms with Crippen molar-refractivity contribution >= 4 is 46.6 Å². The van der Waals surface area contributed by atoms with E-state index in [9.17, 15) is 9.59 Å². The predicted molar refractivity (Wildman–Crippen MR) is 109 cm³/mol. The Morgan fingerprint density at radius 3 is 2.31 bits per heavy atom. The lowest BCUT2D eigenvalue weighted by atomic mass is 10.0. The highest BCUT2D eigenvalue weighted by Crippen LogP contribution is 2.29. The summed E-state index contributed by atoms with van der Waals surface area (Å²) in [5.41, 5.74) is 2.09. The topological polar surface area (TPSA) is 72.0 Å². The Balaban J connectivity index is 1.82. The molecule has 0 saturated heterocycles. The summed E-state index contributed by atoms with van der Waals surface area (Å²) in [4.78, 5) is 24.0. The van der Waals surface area contributed by atoms with Crippen LogP contribution >= 0.6 is 34.9 Å². The van der Waals surface area contributed by atoms with Crippen LogP contribution < -0.4 is 5.32 Å².